The van der Waals surface area contributed by atoms with Gasteiger partial charge >= 0.3 is 0 Å². The summed E-state index contributed by atoms with van der Waals surface area (Å²) in [7, 11) is 1.86. The van der Waals surface area contributed by atoms with Crippen molar-refractivity contribution in [3.05, 3.63) is 53.3 Å². The van der Waals surface area contributed by atoms with Crippen LogP contribution in [0, 0.1) is 11.3 Å². The molecule has 5 heteroatoms. The maximum atomic E-state index is 8.69. The van der Waals surface area contributed by atoms with Crippen LogP contribution in [0.25, 0.3) is 0 Å². The van der Waals surface area contributed by atoms with E-state index in [1.54, 1.807) is 23.0 Å². The molecule has 19 heavy (non-hydrogen) atoms. The van der Waals surface area contributed by atoms with Crippen LogP contribution in [-0.4, -0.2) is 15.5 Å². The van der Waals surface area contributed by atoms with Crippen molar-refractivity contribution in [2.75, 3.05) is 0 Å². The van der Waals surface area contributed by atoms with Crippen molar-refractivity contribution in [3.8, 4) is 6.07 Å². The lowest BCUT2D eigenvalue weighted by Gasteiger charge is -2.01. The zero-order valence-corrected chi connectivity index (χ0v) is 10.9. The maximum Gasteiger partial charge on any atom is 0.142 e. The van der Waals surface area contributed by atoms with E-state index >= 15 is 0 Å². The molecule has 0 radical (unpaired) electrons. The highest BCUT2D eigenvalue weighted by Crippen LogP contribution is 2.06. The van der Waals surface area contributed by atoms with Crippen molar-refractivity contribution >= 4 is 5.71 Å². The van der Waals surface area contributed by atoms with Gasteiger partial charge in [-0.2, -0.15) is 10.4 Å². The normalized spacial score (nSPS) is 11.1. The van der Waals surface area contributed by atoms with Crippen molar-refractivity contribution in [1.82, 2.24) is 9.78 Å². The second kappa shape index (κ2) is 5.83. The van der Waals surface area contributed by atoms with Gasteiger partial charge in [-0.1, -0.05) is 17.3 Å². The van der Waals surface area contributed by atoms with E-state index in [0.29, 0.717) is 12.2 Å². The second-order valence-corrected chi connectivity index (χ2v) is 4.16. The molecule has 0 fully saturated rings. The number of aromatic nitrogens is 2. The minimum absolute atomic E-state index is 0.378. The topological polar surface area (TPSA) is 63.2 Å². The minimum atomic E-state index is 0.378. The van der Waals surface area contributed by atoms with Crippen LogP contribution in [0.15, 0.2) is 41.8 Å². The highest BCUT2D eigenvalue weighted by Gasteiger charge is 2.00. The van der Waals surface area contributed by atoms with E-state index in [9.17, 15) is 0 Å². The van der Waals surface area contributed by atoms with Crippen LogP contribution in [-0.2, 0) is 18.5 Å². The first-order valence-electron chi connectivity index (χ1n) is 5.83. The lowest BCUT2D eigenvalue weighted by Crippen LogP contribution is -1.95. The summed E-state index contributed by atoms with van der Waals surface area (Å²) in [4.78, 5) is 5.29. The molecule has 5 nitrogen and oxygen atoms in total. The third kappa shape index (κ3) is 3.42. The summed E-state index contributed by atoms with van der Waals surface area (Å²) in [5, 5.41) is 16.8. The van der Waals surface area contributed by atoms with E-state index in [1.165, 1.54) is 0 Å². The number of hydrogen-bond acceptors (Lipinski definition) is 4. The monoisotopic (exact) mass is 254 g/mol. The summed E-state index contributed by atoms with van der Waals surface area (Å²) in [5.41, 5.74) is 3.32. The van der Waals surface area contributed by atoms with Crippen molar-refractivity contribution < 1.29 is 4.84 Å². The Morgan fingerprint density at radius 1 is 1.42 bits per heavy atom. The van der Waals surface area contributed by atoms with Gasteiger partial charge in [0, 0.05) is 18.8 Å². The molecule has 0 aliphatic carbocycles. The van der Waals surface area contributed by atoms with Gasteiger partial charge < -0.3 is 4.84 Å². The lowest BCUT2D eigenvalue weighted by molar-refractivity contribution is 0.130. The molecular weight excluding hydrogens is 240 g/mol. The Morgan fingerprint density at radius 2 is 2.16 bits per heavy atom. The summed E-state index contributed by atoms with van der Waals surface area (Å²) in [6, 6.07) is 9.30. The first-order valence-corrected chi connectivity index (χ1v) is 5.83. The maximum absolute atomic E-state index is 8.69. The molecule has 1 heterocycles. The van der Waals surface area contributed by atoms with Crippen molar-refractivity contribution in [2.24, 2.45) is 12.2 Å². The quantitative estimate of drug-likeness (QED) is 0.621. The second-order valence-electron chi connectivity index (χ2n) is 4.16. The molecule has 0 unspecified atom stereocenters. The van der Waals surface area contributed by atoms with Gasteiger partial charge in [0.25, 0.3) is 0 Å². The van der Waals surface area contributed by atoms with E-state index in [2.05, 4.69) is 16.3 Å². The predicted molar refractivity (Wildman–Crippen MR) is 71.4 cm³/mol. The predicted octanol–water partition coefficient (Wildman–Crippen LogP) is 2.23. The van der Waals surface area contributed by atoms with Crippen LogP contribution in [0.5, 0.6) is 0 Å². The van der Waals surface area contributed by atoms with Crippen LogP contribution in [0.2, 0.25) is 0 Å². The molecular formula is C14H14N4O. The minimum Gasteiger partial charge on any atom is -0.391 e. The first-order chi connectivity index (χ1) is 9.19. The fourth-order valence-electron chi connectivity index (χ4n) is 1.54. The van der Waals surface area contributed by atoms with Crippen LogP contribution in [0.4, 0.5) is 0 Å². The van der Waals surface area contributed by atoms with Crippen molar-refractivity contribution in [2.45, 2.75) is 13.5 Å². The molecule has 0 spiro atoms. The van der Waals surface area contributed by atoms with Gasteiger partial charge in [-0.15, -0.1) is 0 Å². The van der Waals surface area contributed by atoms with E-state index in [4.69, 9.17) is 10.1 Å². The van der Waals surface area contributed by atoms with Gasteiger partial charge in [0.05, 0.1) is 23.5 Å². The summed E-state index contributed by atoms with van der Waals surface area (Å²) >= 11 is 0. The van der Waals surface area contributed by atoms with Gasteiger partial charge in [-0.3, -0.25) is 4.68 Å². The lowest BCUT2D eigenvalue weighted by atomic mass is 10.2. The molecule has 0 aliphatic heterocycles. The Morgan fingerprint density at radius 3 is 2.74 bits per heavy atom. The largest absolute Gasteiger partial charge is 0.391 e. The fourth-order valence-corrected chi connectivity index (χ4v) is 1.54. The van der Waals surface area contributed by atoms with Crippen LogP contribution in [0.1, 0.15) is 23.6 Å². The van der Waals surface area contributed by atoms with E-state index in [-0.39, 0.29) is 0 Å². The molecule has 1 aromatic heterocycles. The summed E-state index contributed by atoms with van der Waals surface area (Å²) in [5.74, 6) is 0. The Labute approximate surface area is 111 Å². The number of benzene rings is 1. The third-order valence-electron chi connectivity index (χ3n) is 2.64. The van der Waals surface area contributed by atoms with Gasteiger partial charge in [-0.25, -0.2) is 0 Å². The molecule has 96 valence electrons. The highest BCUT2D eigenvalue weighted by molar-refractivity contribution is 5.97. The van der Waals surface area contributed by atoms with Gasteiger partial charge in [-0.05, 0) is 24.6 Å². The molecule has 0 saturated carbocycles. The zero-order chi connectivity index (χ0) is 13.7. The Hall–Kier alpha value is -2.61. The number of oxime groups is 1. The fraction of sp³-hybridized carbons (Fsp3) is 0.214. The van der Waals surface area contributed by atoms with Gasteiger partial charge in [0.1, 0.15) is 6.61 Å². The van der Waals surface area contributed by atoms with Crippen molar-refractivity contribution in [3.63, 3.8) is 0 Å². The molecule has 2 aromatic rings. The number of nitrogens with zero attached hydrogens (tertiary/aromatic N) is 4. The number of nitriles is 1. The number of aryl methyl sites for hydroxylation is 1. The highest BCUT2D eigenvalue weighted by atomic mass is 16.6. The molecule has 2 rings (SSSR count). The molecule has 0 atom stereocenters. The van der Waals surface area contributed by atoms with Gasteiger partial charge in [0.2, 0.25) is 0 Å². The van der Waals surface area contributed by atoms with E-state index < -0.39 is 0 Å². The Balaban J connectivity index is 1.93. The molecule has 0 aliphatic rings. The van der Waals surface area contributed by atoms with E-state index in [1.807, 2.05) is 32.3 Å². The smallest absolute Gasteiger partial charge is 0.142 e. The van der Waals surface area contributed by atoms with E-state index in [0.717, 1.165) is 16.8 Å². The van der Waals surface area contributed by atoms with Crippen molar-refractivity contribution in [1.29, 1.82) is 5.26 Å². The summed E-state index contributed by atoms with van der Waals surface area (Å²) in [6.07, 6.45) is 3.62. The molecule has 0 amide bonds. The molecule has 0 saturated heterocycles. The SMILES string of the molecule is CC(=NOCc1ccc(C#N)cc1)c1cnn(C)c1. The average molecular weight is 254 g/mol. The van der Waals surface area contributed by atoms with Gasteiger partial charge in [0.15, 0.2) is 0 Å². The molecule has 1 aromatic carbocycles. The van der Waals surface area contributed by atoms with Crippen LogP contribution < -0.4 is 0 Å². The average Bonchev–Trinajstić information content (AvgIpc) is 2.86. The third-order valence-corrected chi connectivity index (χ3v) is 2.64. The number of hydrogen-bond donors (Lipinski definition) is 0. The Kier molecular flexibility index (Phi) is 3.94. The molecule has 0 N–H and O–H groups in total. The first kappa shape index (κ1) is 12.8. The zero-order valence-electron chi connectivity index (χ0n) is 10.9. The summed E-state index contributed by atoms with van der Waals surface area (Å²) in [6.45, 7) is 2.25. The number of rotatable bonds is 4. The summed E-state index contributed by atoms with van der Waals surface area (Å²) < 4.78 is 1.72. The van der Waals surface area contributed by atoms with Crippen LogP contribution >= 0.6 is 0 Å². The molecule has 0 bridgehead atoms. The van der Waals surface area contributed by atoms with Crippen LogP contribution in [0.3, 0.4) is 0 Å². The standard InChI is InChI=1S/C14H14N4O/c1-11(14-8-16-18(2)9-14)17-19-10-13-5-3-12(7-15)4-6-13/h3-6,8-9H,10H2,1-2H3. The Bertz CT molecular complexity index is 620.